The number of methoxy groups -OCH3 is 1. The summed E-state index contributed by atoms with van der Waals surface area (Å²) in [6, 6.07) is 14.6. The fraction of sp³-hybridized carbons (Fsp3) is 0.519. The van der Waals surface area contributed by atoms with Gasteiger partial charge in [-0.1, -0.05) is 27.7 Å². The Hall–Kier alpha value is -2.69. The smallest absolute Gasteiger partial charge is 0.208 e. The predicted molar refractivity (Wildman–Crippen MR) is 132 cm³/mol. The van der Waals surface area contributed by atoms with Gasteiger partial charge in [0.15, 0.2) is 0 Å². The first-order chi connectivity index (χ1) is 15.0. The average molecular weight is 436 g/mol. The van der Waals surface area contributed by atoms with Gasteiger partial charge in [0.1, 0.15) is 11.5 Å². The molecule has 1 aliphatic carbocycles. The summed E-state index contributed by atoms with van der Waals surface area (Å²) in [5, 5.41) is 3.59. The zero-order valence-corrected chi connectivity index (χ0v) is 20.5. The highest BCUT2D eigenvalue weighted by atomic mass is 16.5. The molecule has 0 unspecified atom stereocenters. The second kappa shape index (κ2) is 8.34. The fourth-order valence-electron chi connectivity index (χ4n) is 5.65. The van der Waals surface area contributed by atoms with Crippen LogP contribution in [0.4, 0.5) is 11.6 Å². The average Bonchev–Trinajstić information content (AvgIpc) is 3.03. The highest BCUT2D eigenvalue weighted by Gasteiger charge is 2.40. The number of imidazole rings is 1. The van der Waals surface area contributed by atoms with Gasteiger partial charge in [-0.15, -0.1) is 0 Å². The van der Waals surface area contributed by atoms with Gasteiger partial charge in [-0.3, -0.25) is 0 Å². The molecule has 1 aliphatic rings. The van der Waals surface area contributed by atoms with Crippen LogP contribution in [-0.2, 0) is 0 Å². The van der Waals surface area contributed by atoms with Crippen LogP contribution in [0.5, 0.6) is 11.5 Å². The minimum absolute atomic E-state index is 0.158. The molecule has 1 aromatic heterocycles. The SMILES string of the molecule is COc1ccc2nc(Nc3ccc(OC(C)C)cc3)n(C3CC(C)(C)CC(C)(C)C3)c2c1. The van der Waals surface area contributed by atoms with E-state index < -0.39 is 0 Å². The van der Waals surface area contributed by atoms with Crippen molar-refractivity contribution in [1.29, 1.82) is 0 Å². The second-order valence-electron chi connectivity index (χ2n) is 11.0. The molecule has 1 N–H and O–H groups in total. The number of hydrogen-bond acceptors (Lipinski definition) is 4. The number of nitrogens with one attached hydrogen (secondary N) is 1. The Morgan fingerprint density at radius 2 is 1.59 bits per heavy atom. The summed E-state index contributed by atoms with van der Waals surface area (Å²) in [7, 11) is 1.72. The van der Waals surface area contributed by atoms with E-state index in [-0.39, 0.29) is 16.9 Å². The van der Waals surface area contributed by atoms with Gasteiger partial charge in [-0.2, -0.15) is 0 Å². The zero-order chi connectivity index (χ0) is 23.1. The van der Waals surface area contributed by atoms with Gasteiger partial charge < -0.3 is 19.4 Å². The summed E-state index contributed by atoms with van der Waals surface area (Å²) in [4.78, 5) is 4.99. The van der Waals surface area contributed by atoms with Gasteiger partial charge in [-0.05, 0) is 80.3 Å². The molecule has 3 aromatic rings. The molecule has 5 nitrogen and oxygen atoms in total. The maximum Gasteiger partial charge on any atom is 0.208 e. The summed E-state index contributed by atoms with van der Waals surface area (Å²) in [6.07, 6.45) is 3.63. The van der Waals surface area contributed by atoms with Gasteiger partial charge in [0, 0.05) is 17.8 Å². The highest BCUT2D eigenvalue weighted by Crippen LogP contribution is 2.51. The van der Waals surface area contributed by atoms with Crippen molar-refractivity contribution in [1.82, 2.24) is 9.55 Å². The lowest BCUT2D eigenvalue weighted by Gasteiger charge is -2.45. The van der Waals surface area contributed by atoms with Gasteiger partial charge in [0.05, 0.1) is 24.2 Å². The third kappa shape index (κ3) is 4.87. The van der Waals surface area contributed by atoms with Gasteiger partial charge in [0.2, 0.25) is 5.95 Å². The lowest BCUT2D eigenvalue weighted by molar-refractivity contribution is 0.0746. The van der Waals surface area contributed by atoms with E-state index in [4.69, 9.17) is 14.5 Å². The highest BCUT2D eigenvalue weighted by molar-refractivity contribution is 5.81. The molecule has 1 heterocycles. The number of aromatic nitrogens is 2. The van der Waals surface area contributed by atoms with E-state index in [0.29, 0.717) is 6.04 Å². The van der Waals surface area contributed by atoms with Crippen LogP contribution in [0.3, 0.4) is 0 Å². The molecule has 0 saturated heterocycles. The molecular formula is C27H37N3O2. The molecule has 5 heteroatoms. The molecular weight excluding hydrogens is 398 g/mol. The summed E-state index contributed by atoms with van der Waals surface area (Å²) in [5.74, 6) is 2.61. The van der Waals surface area contributed by atoms with Crippen LogP contribution in [0.15, 0.2) is 42.5 Å². The largest absolute Gasteiger partial charge is 0.497 e. The molecule has 0 radical (unpaired) electrons. The van der Waals surface area contributed by atoms with Crippen molar-refractivity contribution >= 4 is 22.7 Å². The lowest BCUT2D eigenvalue weighted by Crippen LogP contribution is -2.35. The Balaban J connectivity index is 1.75. The Bertz CT molecular complexity index is 1060. The van der Waals surface area contributed by atoms with E-state index in [1.165, 1.54) is 6.42 Å². The van der Waals surface area contributed by atoms with Crippen molar-refractivity contribution in [3.8, 4) is 11.5 Å². The van der Waals surface area contributed by atoms with Gasteiger partial charge >= 0.3 is 0 Å². The minimum Gasteiger partial charge on any atom is -0.497 e. The maximum absolute atomic E-state index is 5.80. The molecule has 0 atom stereocenters. The Morgan fingerprint density at radius 3 is 2.19 bits per heavy atom. The van der Waals surface area contributed by atoms with Crippen LogP contribution in [-0.4, -0.2) is 22.8 Å². The summed E-state index contributed by atoms with van der Waals surface area (Å²) >= 11 is 0. The van der Waals surface area contributed by atoms with E-state index in [0.717, 1.165) is 47.0 Å². The van der Waals surface area contributed by atoms with Crippen molar-refractivity contribution in [2.45, 2.75) is 73.0 Å². The monoisotopic (exact) mass is 435 g/mol. The quantitative estimate of drug-likeness (QED) is 0.439. The topological polar surface area (TPSA) is 48.3 Å². The first-order valence-electron chi connectivity index (χ1n) is 11.6. The van der Waals surface area contributed by atoms with Gasteiger partial charge in [0.25, 0.3) is 0 Å². The first kappa shape index (κ1) is 22.5. The summed E-state index contributed by atoms with van der Waals surface area (Å²) in [5.41, 5.74) is 3.64. The molecule has 172 valence electrons. The Morgan fingerprint density at radius 1 is 0.969 bits per heavy atom. The molecule has 4 rings (SSSR count). The number of rotatable bonds is 6. The van der Waals surface area contributed by atoms with Crippen LogP contribution in [0.25, 0.3) is 11.0 Å². The molecule has 32 heavy (non-hydrogen) atoms. The normalized spacial score (nSPS) is 18.1. The number of nitrogens with zero attached hydrogens (tertiary/aromatic N) is 2. The van der Waals surface area contributed by atoms with E-state index in [1.807, 2.05) is 32.0 Å². The van der Waals surface area contributed by atoms with Crippen molar-refractivity contribution < 1.29 is 9.47 Å². The molecule has 0 aliphatic heterocycles. The van der Waals surface area contributed by atoms with E-state index in [2.05, 4.69) is 61.8 Å². The third-order valence-corrected chi connectivity index (χ3v) is 6.28. The van der Waals surface area contributed by atoms with Crippen LogP contribution in [0.2, 0.25) is 0 Å². The minimum atomic E-state index is 0.158. The maximum atomic E-state index is 5.80. The second-order valence-corrected chi connectivity index (χ2v) is 11.0. The van der Waals surface area contributed by atoms with Crippen LogP contribution >= 0.6 is 0 Å². The number of hydrogen-bond donors (Lipinski definition) is 1. The van der Waals surface area contributed by atoms with Crippen molar-refractivity contribution in [3.05, 3.63) is 42.5 Å². The number of anilines is 2. The fourth-order valence-corrected chi connectivity index (χ4v) is 5.65. The lowest BCUT2D eigenvalue weighted by atomic mass is 9.63. The molecule has 0 amide bonds. The van der Waals surface area contributed by atoms with E-state index in [1.54, 1.807) is 7.11 Å². The standard InChI is InChI=1S/C27H37N3O2/c1-18(2)32-21-10-8-19(9-11-21)28-25-29-23-13-12-22(31-7)14-24(23)30(25)20-15-26(3,4)17-27(5,6)16-20/h8-14,18,20H,15-17H2,1-7H3,(H,28,29). The van der Waals surface area contributed by atoms with E-state index in [9.17, 15) is 0 Å². The Labute approximate surface area is 192 Å². The molecule has 1 saturated carbocycles. The predicted octanol–water partition coefficient (Wildman–Crippen LogP) is 7.35. The summed E-state index contributed by atoms with van der Waals surface area (Å²) < 4.78 is 13.7. The van der Waals surface area contributed by atoms with E-state index >= 15 is 0 Å². The van der Waals surface area contributed by atoms with Crippen molar-refractivity contribution in [3.63, 3.8) is 0 Å². The van der Waals surface area contributed by atoms with Crippen molar-refractivity contribution in [2.75, 3.05) is 12.4 Å². The summed E-state index contributed by atoms with van der Waals surface area (Å²) in [6.45, 7) is 13.6. The number of benzene rings is 2. The van der Waals surface area contributed by atoms with Gasteiger partial charge in [-0.25, -0.2) is 4.98 Å². The molecule has 0 bridgehead atoms. The van der Waals surface area contributed by atoms with Crippen LogP contribution < -0.4 is 14.8 Å². The first-order valence-corrected chi connectivity index (χ1v) is 11.6. The number of fused-ring (bicyclic) bond motifs is 1. The van der Waals surface area contributed by atoms with Crippen LogP contribution in [0, 0.1) is 10.8 Å². The zero-order valence-electron chi connectivity index (χ0n) is 20.5. The Kier molecular flexibility index (Phi) is 5.87. The third-order valence-electron chi connectivity index (χ3n) is 6.28. The molecule has 0 spiro atoms. The molecule has 2 aromatic carbocycles. The number of ether oxygens (including phenoxy) is 2. The van der Waals surface area contributed by atoms with Crippen molar-refractivity contribution in [2.24, 2.45) is 10.8 Å². The van der Waals surface area contributed by atoms with Crippen LogP contribution in [0.1, 0.15) is 66.8 Å². The molecule has 1 fully saturated rings.